The summed E-state index contributed by atoms with van der Waals surface area (Å²) < 4.78 is 6.58. The third-order valence-electron chi connectivity index (χ3n) is 5.84. The van der Waals surface area contributed by atoms with Gasteiger partial charge in [0.2, 0.25) is 5.91 Å². The van der Waals surface area contributed by atoms with E-state index in [4.69, 9.17) is 9.36 Å². The zero-order chi connectivity index (χ0) is 21.5. The lowest BCUT2D eigenvalue weighted by Gasteiger charge is -2.09. The van der Waals surface area contributed by atoms with E-state index in [0.717, 1.165) is 63.4 Å². The van der Waals surface area contributed by atoms with Crippen LogP contribution in [0.2, 0.25) is 0 Å². The van der Waals surface area contributed by atoms with Gasteiger partial charge in [-0.15, -0.1) is 0 Å². The van der Waals surface area contributed by atoms with Crippen LogP contribution in [0.25, 0.3) is 33.4 Å². The Kier molecular flexibility index (Phi) is 5.06. The highest BCUT2D eigenvalue weighted by Gasteiger charge is 2.39. The molecule has 1 amide bonds. The van der Waals surface area contributed by atoms with Gasteiger partial charge in [0, 0.05) is 35.8 Å². The maximum atomic E-state index is 12.7. The lowest BCUT2D eigenvalue weighted by molar-refractivity contribution is -0.117. The van der Waals surface area contributed by atoms with Crippen molar-refractivity contribution in [2.75, 3.05) is 5.32 Å². The minimum atomic E-state index is 0.0800. The van der Waals surface area contributed by atoms with E-state index >= 15 is 0 Å². The fourth-order valence-corrected chi connectivity index (χ4v) is 4.83. The monoisotopic (exact) mass is 431 g/mol. The third kappa shape index (κ3) is 3.85. The van der Waals surface area contributed by atoms with Crippen LogP contribution >= 0.6 is 11.5 Å². The molecule has 158 valence electrons. The summed E-state index contributed by atoms with van der Waals surface area (Å²) in [5.74, 6) is 0.635. The molecule has 3 heterocycles. The van der Waals surface area contributed by atoms with Crippen LogP contribution in [0.15, 0.2) is 42.6 Å². The SMILES string of the molecule is CCCc1cccc(-c2c(-c3ccc4nn(C)cc4c3)nsc2NC(=O)[C@@H]2C[C@H]2C)n1. The number of rotatable bonds is 6. The number of aryl methyl sites for hydroxylation is 2. The first kappa shape index (κ1) is 19.9. The number of anilines is 1. The zero-order valence-corrected chi connectivity index (χ0v) is 18.7. The fraction of sp³-hybridized carbons (Fsp3) is 0.333. The number of nitrogens with one attached hydrogen (secondary N) is 1. The van der Waals surface area contributed by atoms with Crippen molar-refractivity contribution < 1.29 is 4.79 Å². The Hall–Kier alpha value is -3.06. The highest BCUT2D eigenvalue weighted by atomic mass is 32.1. The number of benzene rings is 1. The van der Waals surface area contributed by atoms with Gasteiger partial charge in [-0.3, -0.25) is 14.5 Å². The Morgan fingerprint density at radius 3 is 2.90 bits per heavy atom. The second-order valence-electron chi connectivity index (χ2n) is 8.38. The lowest BCUT2D eigenvalue weighted by Crippen LogP contribution is -2.14. The van der Waals surface area contributed by atoms with Gasteiger partial charge in [-0.2, -0.15) is 9.47 Å². The number of carbonyl (C=O) groups is 1. The van der Waals surface area contributed by atoms with Gasteiger partial charge in [0.25, 0.3) is 0 Å². The quantitative estimate of drug-likeness (QED) is 0.449. The van der Waals surface area contributed by atoms with Gasteiger partial charge in [0.1, 0.15) is 5.00 Å². The molecule has 0 aliphatic heterocycles. The molecule has 2 atom stereocenters. The predicted octanol–water partition coefficient (Wildman–Crippen LogP) is 5.31. The minimum absolute atomic E-state index is 0.0800. The molecule has 1 aliphatic carbocycles. The Labute approximate surface area is 185 Å². The first-order valence-electron chi connectivity index (χ1n) is 10.7. The number of fused-ring (bicyclic) bond motifs is 1. The molecule has 0 saturated heterocycles. The van der Waals surface area contributed by atoms with Crippen LogP contribution < -0.4 is 5.32 Å². The molecule has 31 heavy (non-hydrogen) atoms. The van der Waals surface area contributed by atoms with Gasteiger partial charge in [0.15, 0.2) is 0 Å². The molecule has 4 aromatic rings. The summed E-state index contributed by atoms with van der Waals surface area (Å²) in [6, 6.07) is 12.2. The van der Waals surface area contributed by atoms with Crippen LogP contribution in [0.1, 0.15) is 32.4 Å². The van der Waals surface area contributed by atoms with Crippen LogP contribution in [-0.2, 0) is 18.3 Å². The molecule has 1 saturated carbocycles. The number of carbonyl (C=O) groups excluding carboxylic acids is 1. The smallest absolute Gasteiger partial charge is 0.228 e. The molecular formula is C24H25N5OS. The van der Waals surface area contributed by atoms with Crippen molar-refractivity contribution in [3.8, 4) is 22.5 Å². The maximum Gasteiger partial charge on any atom is 0.228 e. The Bertz CT molecular complexity index is 1270. The van der Waals surface area contributed by atoms with Gasteiger partial charge >= 0.3 is 0 Å². The lowest BCUT2D eigenvalue weighted by atomic mass is 10.0. The largest absolute Gasteiger partial charge is 0.316 e. The van der Waals surface area contributed by atoms with Crippen LogP contribution in [-0.4, -0.2) is 25.0 Å². The molecule has 0 unspecified atom stereocenters. The maximum absolute atomic E-state index is 12.7. The highest BCUT2D eigenvalue weighted by Crippen LogP contribution is 2.43. The first-order valence-corrected chi connectivity index (χ1v) is 11.5. The molecule has 0 spiro atoms. The van der Waals surface area contributed by atoms with E-state index in [1.807, 2.05) is 42.2 Å². The average Bonchev–Trinajstić information content (AvgIpc) is 3.17. The summed E-state index contributed by atoms with van der Waals surface area (Å²) in [6.45, 7) is 4.26. The van der Waals surface area contributed by atoms with Gasteiger partial charge < -0.3 is 5.32 Å². The first-order chi connectivity index (χ1) is 15.0. The van der Waals surface area contributed by atoms with Gasteiger partial charge in [0.05, 0.1) is 22.5 Å². The van der Waals surface area contributed by atoms with E-state index in [0.29, 0.717) is 5.92 Å². The number of amides is 1. The number of nitrogens with zero attached hydrogens (tertiary/aromatic N) is 4. The van der Waals surface area contributed by atoms with Gasteiger partial charge in [-0.25, -0.2) is 0 Å². The summed E-state index contributed by atoms with van der Waals surface area (Å²) in [4.78, 5) is 17.6. The van der Waals surface area contributed by atoms with Crippen molar-refractivity contribution in [3.05, 3.63) is 48.3 Å². The van der Waals surface area contributed by atoms with E-state index in [9.17, 15) is 4.79 Å². The Balaban J connectivity index is 1.61. The van der Waals surface area contributed by atoms with Crippen molar-refractivity contribution in [2.45, 2.75) is 33.1 Å². The summed E-state index contributed by atoms with van der Waals surface area (Å²) in [5, 5.41) is 9.44. The Morgan fingerprint density at radius 2 is 2.13 bits per heavy atom. The topological polar surface area (TPSA) is 72.7 Å². The molecular weight excluding hydrogens is 406 g/mol. The number of aromatic nitrogens is 4. The Morgan fingerprint density at radius 1 is 1.29 bits per heavy atom. The van der Waals surface area contributed by atoms with Gasteiger partial charge in [-0.05, 0) is 54.6 Å². The number of hydrogen-bond acceptors (Lipinski definition) is 5. The van der Waals surface area contributed by atoms with E-state index in [2.05, 4.69) is 36.4 Å². The van der Waals surface area contributed by atoms with Crippen molar-refractivity contribution >= 4 is 33.3 Å². The number of pyridine rings is 1. The van der Waals surface area contributed by atoms with Crippen LogP contribution in [0.4, 0.5) is 5.00 Å². The molecule has 1 aliphatic rings. The molecule has 0 bridgehead atoms. The molecule has 0 radical (unpaired) electrons. The summed E-state index contributed by atoms with van der Waals surface area (Å²) in [7, 11) is 1.92. The number of hydrogen-bond donors (Lipinski definition) is 1. The molecule has 6 nitrogen and oxygen atoms in total. The molecule has 5 rings (SSSR count). The second kappa shape index (κ2) is 7.89. The van der Waals surface area contributed by atoms with Crippen molar-refractivity contribution in [1.29, 1.82) is 0 Å². The minimum Gasteiger partial charge on any atom is -0.316 e. The van der Waals surface area contributed by atoms with Crippen molar-refractivity contribution in [1.82, 2.24) is 19.1 Å². The van der Waals surface area contributed by atoms with Crippen LogP contribution in [0.3, 0.4) is 0 Å². The highest BCUT2D eigenvalue weighted by molar-refractivity contribution is 7.11. The summed E-state index contributed by atoms with van der Waals surface area (Å²) >= 11 is 1.33. The molecule has 3 aromatic heterocycles. The van der Waals surface area contributed by atoms with E-state index in [1.165, 1.54) is 11.5 Å². The molecule has 1 N–H and O–H groups in total. The summed E-state index contributed by atoms with van der Waals surface area (Å²) in [5.41, 5.74) is 5.58. The summed E-state index contributed by atoms with van der Waals surface area (Å²) in [6.07, 6.45) is 4.91. The van der Waals surface area contributed by atoms with Crippen molar-refractivity contribution in [2.24, 2.45) is 18.9 Å². The van der Waals surface area contributed by atoms with Crippen LogP contribution in [0.5, 0.6) is 0 Å². The second-order valence-corrected chi connectivity index (χ2v) is 9.16. The normalized spacial score (nSPS) is 17.8. The molecule has 7 heteroatoms. The average molecular weight is 432 g/mol. The molecule has 1 aromatic carbocycles. The van der Waals surface area contributed by atoms with Crippen LogP contribution in [0, 0.1) is 11.8 Å². The van der Waals surface area contributed by atoms with E-state index < -0.39 is 0 Å². The molecule has 1 fully saturated rings. The van der Waals surface area contributed by atoms with E-state index in [-0.39, 0.29) is 11.8 Å². The zero-order valence-electron chi connectivity index (χ0n) is 17.9. The third-order valence-corrected chi connectivity index (χ3v) is 6.60. The van der Waals surface area contributed by atoms with Crippen molar-refractivity contribution in [3.63, 3.8) is 0 Å². The fourth-order valence-electron chi connectivity index (χ4n) is 4.01. The van der Waals surface area contributed by atoms with Gasteiger partial charge in [-0.1, -0.05) is 32.4 Å². The van der Waals surface area contributed by atoms with E-state index in [1.54, 1.807) is 0 Å². The standard InChI is InChI=1S/C24H25N5OS/c1-4-6-17-7-5-8-20(25-17)21-22(15-9-10-19-16(12-15)13-29(3)27-19)28-31-24(21)26-23(30)18-11-14(18)2/h5,7-10,12-14,18H,4,6,11H2,1-3H3,(H,26,30)/t14-,18-/m1/s1. The predicted molar refractivity (Wildman–Crippen MR) is 125 cm³/mol.